The summed E-state index contributed by atoms with van der Waals surface area (Å²) in [6, 6.07) is 16.2. The predicted molar refractivity (Wildman–Crippen MR) is 165 cm³/mol. The summed E-state index contributed by atoms with van der Waals surface area (Å²) in [4.78, 5) is 57.6. The lowest BCUT2D eigenvalue weighted by atomic mass is 9.93. The molecule has 2 N–H and O–H groups in total. The molecule has 2 amide bonds. The van der Waals surface area contributed by atoms with Gasteiger partial charge in [-0.2, -0.15) is 0 Å². The van der Waals surface area contributed by atoms with Gasteiger partial charge < -0.3 is 29.6 Å². The minimum Gasteiger partial charge on any atom is -0.470 e. The summed E-state index contributed by atoms with van der Waals surface area (Å²) in [6.45, 7) is 9.35. The average Bonchev–Trinajstić information content (AvgIpc) is 3.65. The Morgan fingerprint density at radius 3 is 1.40 bits per heavy atom. The molecule has 2 aromatic rings. The molecule has 0 unspecified atom stereocenters. The fourth-order valence-corrected chi connectivity index (χ4v) is 5.03. The lowest BCUT2D eigenvalue weighted by Gasteiger charge is -2.26. The van der Waals surface area contributed by atoms with Crippen LogP contribution in [0.5, 0.6) is 0 Å². The van der Waals surface area contributed by atoms with E-state index in [0.29, 0.717) is 11.8 Å². The number of ether oxygens (including phenoxy) is 4. The van der Waals surface area contributed by atoms with Crippen molar-refractivity contribution in [3.63, 3.8) is 0 Å². The maximum absolute atomic E-state index is 12.6. The van der Waals surface area contributed by atoms with Crippen molar-refractivity contribution in [2.24, 2.45) is 15.4 Å². The topological polar surface area (TPSA) is 154 Å². The van der Waals surface area contributed by atoms with Crippen LogP contribution in [0.3, 0.4) is 0 Å². The highest BCUT2D eigenvalue weighted by atomic mass is 16.6. The Morgan fingerprint density at radius 1 is 0.711 bits per heavy atom. The molecule has 2 aliphatic heterocycles. The number of benzene rings is 2. The Bertz CT molecular complexity index is 1340. The van der Waals surface area contributed by atoms with Crippen molar-refractivity contribution in [1.82, 2.24) is 10.6 Å². The van der Waals surface area contributed by atoms with E-state index in [-0.39, 0.29) is 25.0 Å². The first-order valence-electron chi connectivity index (χ1n) is 14.8. The van der Waals surface area contributed by atoms with Crippen LogP contribution in [0, 0.1) is 5.41 Å². The molecule has 240 valence electrons. The van der Waals surface area contributed by atoms with Crippen molar-refractivity contribution in [3.05, 3.63) is 71.8 Å². The summed E-state index contributed by atoms with van der Waals surface area (Å²) in [5, 5.41) is 5.04. The second kappa shape index (κ2) is 14.4. The zero-order chi connectivity index (χ0) is 32.7. The Labute approximate surface area is 262 Å². The van der Waals surface area contributed by atoms with Crippen LogP contribution in [0.4, 0.5) is 0 Å². The van der Waals surface area contributed by atoms with Gasteiger partial charge in [0.05, 0.1) is 0 Å². The molecule has 4 rings (SSSR count). The molecule has 0 spiro atoms. The first kappa shape index (κ1) is 33.2. The zero-order valence-corrected chi connectivity index (χ0v) is 26.3. The fourth-order valence-electron chi connectivity index (χ4n) is 5.03. The first-order chi connectivity index (χ1) is 21.4. The van der Waals surface area contributed by atoms with E-state index in [4.69, 9.17) is 28.9 Å². The van der Waals surface area contributed by atoms with Gasteiger partial charge >= 0.3 is 11.9 Å². The Hall–Kier alpha value is -4.74. The molecule has 2 aliphatic rings. The van der Waals surface area contributed by atoms with Crippen LogP contribution in [-0.2, 0) is 38.1 Å². The minimum absolute atomic E-state index is 0.0765. The van der Waals surface area contributed by atoms with Crippen molar-refractivity contribution >= 4 is 35.5 Å². The van der Waals surface area contributed by atoms with Crippen LogP contribution >= 0.6 is 0 Å². The Balaban J connectivity index is 1.57. The van der Waals surface area contributed by atoms with E-state index in [1.54, 1.807) is 13.8 Å². The number of amides is 2. The maximum atomic E-state index is 12.6. The average molecular weight is 621 g/mol. The number of hydrogen-bond donors (Lipinski definition) is 2. The highest BCUT2D eigenvalue weighted by Crippen LogP contribution is 2.40. The van der Waals surface area contributed by atoms with E-state index in [9.17, 15) is 19.2 Å². The predicted octanol–water partition coefficient (Wildman–Crippen LogP) is 3.23. The van der Waals surface area contributed by atoms with Gasteiger partial charge in [0.2, 0.25) is 11.8 Å². The molecule has 0 aromatic heterocycles. The van der Waals surface area contributed by atoms with E-state index in [2.05, 4.69) is 10.6 Å². The molecule has 2 heterocycles. The molecule has 0 aliphatic carbocycles. The van der Waals surface area contributed by atoms with E-state index in [0.717, 1.165) is 11.1 Å². The molecule has 0 radical (unpaired) electrons. The third kappa shape index (κ3) is 8.25. The van der Waals surface area contributed by atoms with Gasteiger partial charge in [-0.1, -0.05) is 60.7 Å². The van der Waals surface area contributed by atoms with E-state index >= 15 is 0 Å². The third-order valence-electron chi connectivity index (χ3n) is 7.41. The summed E-state index contributed by atoms with van der Waals surface area (Å²) in [7, 11) is 0. The molecule has 12 nitrogen and oxygen atoms in total. The minimum atomic E-state index is -0.954. The van der Waals surface area contributed by atoms with Gasteiger partial charge in [0.15, 0.2) is 24.0 Å². The van der Waals surface area contributed by atoms with Gasteiger partial charge in [0.25, 0.3) is 0 Å². The summed E-state index contributed by atoms with van der Waals surface area (Å²) in [6.07, 6.45) is -1.11. The van der Waals surface area contributed by atoms with Crippen LogP contribution in [-0.4, -0.2) is 72.9 Å². The van der Waals surface area contributed by atoms with E-state index in [1.165, 1.54) is 13.8 Å². The molecule has 0 fully saturated rings. The Kier molecular flexibility index (Phi) is 10.6. The quantitative estimate of drug-likeness (QED) is 0.343. The Morgan fingerprint density at radius 2 is 1.07 bits per heavy atom. The summed E-state index contributed by atoms with van der Waals surface area (Å²) >= 11 is 0. The summed E-state index contributed by atoms with van der Waals surface area (Å²) in [5.41, 5.74) is 0.736. The van der Waals surface area contributed by atoms with Crippen LogP contribution in [0.2, 0.25) is 0 Å². The van der Waals surface area contributed by atoms with Crippen molar-refractivity contribution < 1.29 is 38.1 Å². The standard InChI is InChI=1S/C33H40N4O8/c1-19(34-21(3)38)29(40)42-17-25-27(23-13-9-7-10-14-23)44-31(36-25)33(5,6)32-37-26(18-43-30(41)20(2)35-22(4)39)28(45-32)24-15-11-8-12-16-24/h7-16,19-20,25-28H,17-18H2,1-6H3,(H,34,38)(H,35,39)/t19-,20-,25-,26-,27-,28-/m0/s1. The third-order valence-corrected chi connectivity index (χ3v) is 7.41. The molecule has 0 bridgehead atoms. The van der Waals surface area contributed by atoms with Crippen molar-refractivity contribution in [3.8, 4) is 0 Å². The molecule has 2 aromatic carbocycles. The van der Waals surface area contributed by atoms with Gasteiger partial charge in [-0.25, -0.2) is 19.6 Å². The van der Waals surface area contributed by atoms with Gasteiger partial charge in [-0.05, 0) is 38.8 Å². The number of nitrogens with zero attached hydrogens (tertiary/aromatic N) is 2. The highest BCUT2D eigenvalue weighted by Gasteiger charge is 2.47. The number of carbonyl (C=O) groups excluding carboxylic acids is 4. The van der Waals surface area contributed by atoms with Gasteiger partial charge in [-0.15, -0.1) is 0 Å². The SMILES string of the molecule is CC(=O)N[C@@H](C)C(=O)OC[C@@H]1N=C(C(C)(C)C2=N[C@@H](COC(=O)[C@H](C)NC(C)=O)[C@H](c3ccccc3)O2)O[C@H]1c1ccccc1. The van der Waals surface area contributed by atoms with Gasteiger partial charge in [-0.3, -0.25) is 9.59 Å². The molecule has 12 heteroatoms. The molecule has 0 saturated carbocycles. The smallest absolute Gasteiger partial charge is 0.328 e. The monoisotopic (exact) mass is 620 g/mol. The second-order valence-electron chi connectivity index (χ2n) is 11.6. The largest absolute Gasteiger partial charge is 0.470 e. The molecular formula is C33H40N4O8. The van der Waals surface area contributed by atoms with Crippen molar-refractivity contribution in [2.75, 3.05) is 13.2 Å². The lowest BCUT2D eigenvalue weighted by Crippen LogP contribution is -2.39. The van der Waals surface area contributed by atoms with E-state index in [1.807, 2.05) is 74.5 Å². The second-order valence-corrected chi connectivity index (χ2v) is 11.6. The van der Waals surface area contributed by atoms with Crippen LogP contribution in [0.25, 0.3) is 0 Å². The van der Waals surface area contributed by atoms with Crippen molar-refractivity contribution in [2.45, 2.75) is 77.9 Å². The first-order valence-corrected chi connectivity index (χ1v) is 14.8. The fraction of sp³-hybridized carbons (Fsp3) is 0.455. The molecule has 6 atom stereocenters. The molecule has 0 saturated heterocycles. The normalized spacial score (nSPS) is 22.1. The summed E-state index contributed by atoms with van der Waals surface area (Å²) in [5.74, 6) is -1.16. The maximum Gasteiger partial charge on any atom is 0.328 e. The highest BCUT2D eigenvalue weighted by molar-refractivity contribution is 6.05. The molecular weight excluding hydrogens is 580 g/mol. The summed E-state index contributed by atoms with van der Waals surface area (Å²) < 4.78 is 24.0. The number of esters is 2. The molecule has 45 heavy (non-hydrogen) atoms. The van der Waals surface area contributed by atoms with Crippen LogP contribution in [0.1, 0.15) is 64.9 Å². The van der Waals surface area contributed by atoms with Crippen LogP contribution < -0.4 is 10.6 Å². The van der Waals surface area contributed by atoms with Gasteiger partial charge in [0.1, 0.15) is 42.8 Å². The van der Waals surface area contributed by atoms with Crippen LogP contribution in [0.15, 0.2) is 70.6 Å². The number of rotatable bonds is 12. The number of carbonyl (C=O) groups is 4. The lowest BCUT2D eigenvalue weighted by molar-refractivity contribution is -0.148. The van der Waals surface area contributed by atoms with Gasteiger partial charge in [0, 0.05) is 13.8 Å². The zero-order valence-electron chi connectivity index (χ0n) is 26.3. The van der Waals surface area contributed by atoms with E-state index < -0.39 is 53.7 Å². The number of hydrogen-bond acceptors (Lipinski definition) is 10. The van der Waals surface area contributed by atoms with Crippen molar-refractivity contribution in [1.29, 1.82) is 0 Å². The number of nitrogens with one attached hydrogen (secondary N) is 2. The number of aliphatic imine (C=N–C) groups is 2.